The van der Waals surface area contributed by atoms with E-state index in [2.05, 4.69) is 0 Å². The van der Waals surface area contributed by atoms with E-state index in [-0.39, 0.29) is 6.10 Å². The molecule has 0 rings (SSSR count). The van der Waals surface area contributed by atoms with E-state index in [1.165, 1.54) is 12.8 Å². The Bertz CT molecular complexity index is 464. The van der Waals surface area contributed by atoms with Gasteiger partial charge in [0.2, 0.25) is 0 Å². The average Bonchev–Trinajstić information content (AvgIpc) is 2.97. The molecule has 0 aliphatic carbocycles. The first-order valence-electron chi connectivity index (χ1n) is 15.2. The monoisotopic (exact) mass is 618 g/mol. The minimum Gasteiger partial charge on any atom is -0.379 e. The number of alkyl halides is 1. The van der Waals surface area contributed by atoms with Crippen LogP contribution in [-0.2, 0) is 52.1 Å². The molecule has 0 N–H and O–H groups in total. The standard InChI is InChI=1S/C29H59ClO11/c1-29(2)41-28-27-40-26-25-39-24-23-38-22-21-37-20-19-36-18-17-35-16-15-34-14-13-33-12-11-32-10-9-31-8-6-4-3-5-7-30/h29H,3-28H2,1-2H3. The van der Waals surface area contributed by atoms with E-state index in [0.29, 0.717) is 132 Å². The van der Waals surface area contributed by atoms with Gasteiger partial charge in [0.25, 0.3) is 0 Å². The maximum atomic E-state index is 5.65. The summed E-state index contributed by atoms with van der Waals surface area (Å²) in [6, 6.07) is 0. The summed E-state index contributed by atoms with van der Waals surface area (Å²) in [7, 11) is 0. The third-order valence-corrected chi connectivity index (χ3v) is 5.47. The maximum absolute atomic E-state index is 5.65. The molecule has 0 atom stereocenters. The van der Waals surface area contributed by atoms with Crippen molar-refractivity contribution >= 4 is 11.6 Å². The zero-order valence-corrected chi connectivity index (χ0v) is 26.6. The highest BCUT2D eigenvalue weighted by Crippen LogP contribution is 2.01. The van der Waals surface area contributed by atoms with Crippen LogP contribution in [0.3, 0.4) is 0 Å². The fraction of sp³-hybridized carbons (Fsp3) is 1.00. The lowest BCUT2D eigenvalue weighted by atomic mass is 10.2. The van der Waals surface area contributed by atoms with Crippen LogP contribution in [0, 0.1) is 0 Å². The number of hydrogen-bond donors (Lipinski definition) is 0. The minimum absolute atomic E-state index is 0.234. The summed E-state index contributed by atoms with van der Waals surface area (Å²) in [5, 5.41) is 0. The van der Waals surface area contributed by atoms with Gasteiger partial charge in [0.05, 0.1) is 138 Å². The van der Waals surface area contributed by atoms with Gasteiger partial charge in [0, 0.05) is 12.5 Å². The van der Waals surface area contributed by atoms with Gasteiger partial charge in [0.15, 0.2) is 0 Å². The van der Waals surface area contributed by atoms with Crippen molar-refractivity contribution in [3.63, 3.8) is 0 Å². The van der Waals surface area contributed by atoms with Crippen molar-refractivity contribution in [2.75, 3.05) is 145 Å². The molecule has 0 heterocycles. The topological polar surface area (TPSA) is 102 Å². The van der Waals surface area contributed by atoms with Crippen LogP contribution < -0.4 is 0 Å². The van der Waals surface area contributed by atoms with Gasteiger partial charge >= 0.3 is 0 Å². The quantitative estimate of drug-likeness (QED) is 0.0756. The molecular formula is C29H59ClO11. The van der Waals surface area contributed by atoms with Gasteiger partial charge in [-0.1, -0.05) is 12.8 Å². The van der Waals surface area contributed by atoms with Crippen molar-refractivity contribution in [1.82, 2.24) is 0 Å². The summed E-state index contributed by atoms with van der Waals surface area (Å²) < 4.78 is 60.0. The first-order chi connectivity index (χ1) is 20.3. The second kappa shape index (κ2) is 37.9. The van der Waals surface area contributed by atoms with Crippen molar-refractivity contribution in [1.29, 1.82) is 0 Å². The summed E-state index contributed by atoms with van der Waals surface area (Å²) in [6.45, 7) is 15.8. The van der Waals surface area contributed by atoms with Gasteiger partial charge < -0.3 is 52.1 Å². The summed E-state index contributed by atoms with van der Waals surface area (Å²) in [5.41, 5.74) is 0. The van der Waals surface area contributed by atoms with Crippen LogP contribution in [-0.4, -0.2) is 151 Å². The zero-order valence-electron chi connectivity index (χ0n) is 25.8. The molecule has 0 aliphatic heterocycles. The molecule has 41 heavy (non-hydrogen) atoms. The number of halogens is 1. The highest BCUT2D eigenvalue weighted by molar-refractivity contribution is 6.17. The molecule has 0 amide bonds. The molecule has 12 heteroatoms. The minimum atomic E-state index is 0.234. The van der Waals surface area contributed by atoms with Gasteiger partial charge in [-0.3, -0.25) is 0 Å². The third-order valence-electron chi connectivity index (χ3n) is 5.20. The molecule has 0 aromatic heterocycles. The van der Waals surface area contributed by atoms with E-state index in [0.717, 1.165) is 25.3 Å². The van der Waals surface area contributed by atoms with Crippen LogP contribution in [0.2, 0.25) is 0 Å². The number of hydrogen-bond acceptors (Lipinski definition) is 11. The van der Waals surface area contributed by atoms with E-state index < -0.39 is 0 Å². The highest BCUT2D eigenvalue weighted by atomic mass is 35.5. The Balaban J connectivity index is 3.03. The maximum Gasteiger partial charge on any atom is 0.0703 e. The molecule has 0 fully saturated rings. The second-order valence-corrected chi connectivity index (χ2v) is 9.52. The summed E-state index contributed by atoms with van der Waals surface area (Å²) in [5.74, 6) is 0.746. The molecule has 0 saturated carbocycles. The molecule has 0 spiro atoms. The SMILES string of the molecule is CC(C)OCCOCCOCCOCCOCCOCCOCCOCCOCCOCCOCCCCCCCl. The van der Waals surface area contributed by atoms with Gasteiger partial charge in [-0.05, 0) is 26.7 Å². The van der Waals surface area contributed by atoms with Crippen molar-refractivity contribution in [3.05, 3.63) is 0 Å². The van der Waals surface area contributed by atoms with E-state index >= 15 is 0 Å². The van der Waals surface area contributed by atoms with Crippen LogP contribution >= 0.6 is 11.6 Å². The average molecular weight is 619 g/mol. The van der Waals surface area contributed by atoms with Crippen LogP contribution in [0.15, 0.2) is 0 Å². The first-order valence-corrected chi connectivity index (χ1v) is 15.8. The summed E-state index contributed by atoms with van der Waals surface area (Å²) in [6.07, 6.45) is 4.74. The lowest BCUT2D eigenvalue weighted by Gasteiger charge is -2.09. The van der Waals surface area contributed by atoms with Gasteiger partial charge in [-0.15, -0.1) is 11.6 Å². The number of unbranched alkanes of at least 4 members (excludes halogenated alkanes) is 3. The molecule has 0 radical (unpaired) electrons. The van der Waals surface area contributed by atoms with E-state index in [1.807, 2.05) is 13.8 Å². The van der Waals surface area contributed by atoms with Crippen LogP contribution in [0.1, 0.15) is 39.5 Å². The van der Waals surface area contributed by atoms with Crippen LogP contribution in [0.4, 0.5) is 0 Å². The van der Waals surface area contributed by atoms with Crippen molar-refractivity contribution in [2.45, 2.75) is 45.6 Å². The lowest BCUT2D eigenvalue weighted by molar-refractivity contribution is -0.0286. The van der Waals surface area contributed by atoms with Crippen molar-refractivity contribution in [2.24, 2.45) is 0 Å². The van der Waals surface area contributed by atoms with Gasteiger partial charge in [-0.25, -0.2) is 0 Å². The normalized spacial score (nSPS) is 11.7. The summed E-state index contributed by atoms with van der Waals surface area (Å²) >= 11 is 5.65. The molecule has 0 unspecified atom stereocenters. The van der Waals surface area contributed by atoms with E-state index in [9.17, 15) is 0 Å². The van der Waals surface area contributed by atoms with Gasteiger partial charge in [0.1, 0.15) is 0 Å². The molecule has 0 bridgehead atoms. The Morgan fingerprint density at radius 1 is 0.317 bits per heavy atom. The predicted molar refractivity (Wildman–Crippen MR) is 158 cm³/mol. The third kappa shape index (κ3) is 39.9. The second-order valence-electron chi connectivity index (χ2n) is 9.15. The smallest absolute Gasteiger partial charge is 0.0703 e. The summed E-state index contributed by atoms with van der Waals surface area (Å²) in [4.78, 5) is 0. The zero-order chi connectivity index (χ0) is 29.7. The Kier molecular flexibility index (Phi) is 37.7. The molecule has 248 valence electrons. The largest absolute Gasteiger partial charge is 0.379 e. The number of ether oxygens (including phenoxy) is 11. The van der Waals surface area contributed by atoms with Crippen molar-refractivity contribution in [3.8, 4) is 0 Å². The van der Waals surface area contributed by atoms with E-state index in [1.54, 1.807) is 0 Å². The Labute approximate surface area is 254 Å². The Morgan fingerprint density at radius 2 is 0.561 bits per heavy atom. The lowest BCUT2D eigenvalue weighted by Crippen LogP contribution is -2.15. The van der Waals surface area contributed by atoms with Crippen LogP contribution in [0.25, 0.3) is 0 Å². The Morgan fingerprint density at radius 3 is 0.829 bits per heavy atom. The van der Waals surface area contributed by atoms with Crippen LogP contribution in [0.5, 0.6) is 0 Å². The fourth-order valence-electron chi connectivity index (χ4n) is 3.08. The highest BCUT2D eigenvalue weighted by Gasteiger charge is 1.97. The molecule has 0 aliphatic rings. The predicted octanol–water partition coefficient (Wildman–Crippen LogP) is 3.38. The molecule has 0 saturated heterocycles. The van der Waals surface area contributed by atoms with Gasteiger partial charge in [-0.2, -0.15) is 0 Å². The number of rotatable bonds is 37. The van der Waals surface area contributed by atoms with Crippen molar-refractivity contribution < 1.29 is 52.1 Å². The molecule has 11 nitrogen and oxygen atoms in total. The molecule has 0 aromatic rings. The Hall–Kier alpha value is -0.150. The van der Waals surface area contributed by atoms with E-state index in [4.69, 9.17) is 63.7 Å². The fourth-order valence-corrected chi connectivity index (χ4v) is 3.27. The molecule has 0 aromatic carbocycles. The molecular weight excluding hydrogens is 560 g/mol. The first kappa shape index (κ1) is 40.9.